The van der Waals surface area contributed by atoms with Crippen molar-refractivity contribution in [1.82, 2.24) is 0 Å². The highest BCUT2D eigenvalue weighted by atomic mass is 15.1. The van der Waals surface area contributed by atoms with Gasteiger partial charge in [-0.1, -0.05) is 37.3 Å². The normalized spacial score (nSPS) is 10.5. The highest BCUT2D eigenvalue weighted by molar-refractivity contribution is 5.59. The molecule has 0 spiro atoms. The van der Waals surface area contributed by atoms with Crippen LogP contribution in [-0.2, 0) is 13.0 Å². The molecule has 0 saturated heterocycles. The van der Waals surface area contributed by atoms with Gasteiger partial charge in [-0.15, -0.1) is 0 Å². The first-order valence-electron chi connectivity index (χ1n) is 6.75. The smallest absolute Gasteiger partial charge is 0.0426 e. The van der Waals surface area contributed by atoms with Crippen molar-refractivity contribution >= 4 is 11.4 Å². The Balaban J connectivity index is 2.10. The molecule has 0 amide bonds. The zero-order valence-corrected chi connectivity index (χ0v) is 12.0. The van der Waals surface area contributed by atoms with Gasteiger partial charge < -0.3 is 10.6 Å². The van der Waals surface area contributed by atoms with Crippen LogP contribution in [0.25, 0.3) is 0 Å². The summed E-state index contributed by atoms with van der Waals surface area (Å²) in [6, 6.07) is 15.0. The number of hydrogen-bond acceptors (Lipinski definition) is 2. The molecule has 0 heterocycles. The van der Waals surface area contributed by atoms with Gasteiger partial charge in [0.15, 0.2) is 0 Å². The number of anilines is 2. The Hall–Kier alpha value is -1.96. The molecule has 0 bridgehead atoms. The van der Waals surface area contributed by atoms with Crippen LogP contribution in [0.3, 0.4) is 0 Å². The Bertz CT molecular complexity index is 544. The summed E-state index contributed by atoms with van der Waals surface area (Å²) in [6.45, 7) is 5.10. The van der Waals surface area contributed by atoms with Crippen LogP contribution >= 0.6 is 0 Å². The Morgan fingerprint density at radius 3 is 2.21 bits per heavy atom. The Labute approximate surface area is 115 Å². The lowest BCUT2D eigenvalue weighted by Crippen LogP contribution is -2.16. The fourth-order valence-electron chi connectivity index (χ4n) is 2.11. The minimum absolute atomic E-state index is 0.852. The van der Waals surface area contributed by atoms with Crippen LogP contribution in [0.2, 0.25) is 0 Å². The number of hydrogen-bond donors (Lipinski definition) is 1. The highest BCUT2D eigenvalue weighted by Gasteiger charge is 2.04. The summed E-state index contributed by atoms with van der Waals surface area (Å²) in [5, 5.41) is 0. The van der Waals surface area contributed by atoms with Gasteiger partial charge >= 0.3 is 0 Å². The van der Waals surface area contributed by atoms with Crippen molar-refractivity contribution in [1.29, 1.82) is 0 Å². The van der Waals surface area contributed by atoms with E-state index in [4.69, 9.17) is 5.73 Å². The Morgan fingerprint density at radius 2 is 1.63 bits per heavy atom. The van der Waals surface area contributed by atoms with Crippen LogP contribution in [0.15, 0.2) is 42.5 Å². The fourth-order valence-corrected chi connectivity index (χ4v) is 2.11. The van der Waals surface area contributed by atoms with E-state index in [0.29, 0.717) is 0 Å². The van der Waals surface area contributed by atoms with Crippen molar-refractivity contribution in [3.63, 3.8) is 0 Å². The first-order valence-corrected chi connectivity index (χ1v) is 6.75. The second kappa shape index (κ2) is 5.79. The number of nitrogens with two attached hydrogens (primary N) is 1. The minimum atomic E-state index is 0.852. The van der Waals surface area contributed by atoms with E-state index in [1.165, 1.54) is 11.1 Å². The predicted molar refractivity (Wildman–Crippen MR) is 83.5 cm³/mol. The average molecular weight is 254 g/mol. The van der Waals surface area contributed by atoms with E-state index in [1.54, 1.807) is 0 Å². The van der Waals surface area contributed by atoms with Gasteiger partial charge in [0.1, 0.15) is 0 Å². The van der Waals surface area contributed by atoms with Crippen LogP contribution in [0.1, 0.15) is 23.6 Å². The molecule has 0 aliphatic carbocycles. The van der Waals surface area contributed by atoms with E-state index >= 15 is 0 Å². The molecular formula is C17H22N2. The van der Waals surface area contributed by atoms with Crippen molar-refractivity contribution < 1.29 is 0 Å². The molecule has 2 nitrogen and oxygen atoms in total. The molecule has 0 atom stereocenters. The molecule has 2 aromatic carbocycles. The van der Waals surface area contributed by atoms with Crippen molar-refractivity contribution in [3.8, 4) is 0 Å². The zero-order chi connectivity index (χ0) is 13.8. The van der Waals surface area contributed by atoms with E-state index in [-0.39, 0.29) is 0 Å². The summed E-state index contributed by atoms with van der Waals surface area (Å²) in [4.78, 5) is 2.22. The maximum atomic E-state index is 5.96. The summed E-state index contributed by atoms with van der Waals surface area (Å²) in [5.41, 5.74) is 11.8. The van der Waals surface area contributed by atoms with Crippen molar-refractivity contribution in [2.24, 2.45) is 0 Å². The molecule has 2 rings (SSSR count). The minimum Gasteiger partial charge on any atom is -0.398 e. The number of rotatable bonds is 4. The molecule has 0 saturated carbocycles. The number of nitrogens with zero attached hydrogens (tertiary/aromatic N) is 1. The van der Waals surface area contributed by atoms with Gasteiger partial charge in [0, 0.05) is 25.0 Å². The highest BCUT2D eigenvalue weighted by Crippen LogP contribution is 2.21. The first kappa shape index (κ1) is 13.5. The van der Waals surface area contributed by atoms with Crippen LogP contribution in [0.5, 0.6) is 0 Å². The molecule has 0 radical (unpaired) electrons. The molecule has 0 aliphatic heterocycles. The van der Waals surface area contributed by atoms with Crippen molar-refractivity contribution in [2.45, 2.75) is 26.8 Å². The second-order valence-corrected chi connectivity index (χ2v) is 5.07. The largest absolute Gasteiger partial charge is 0.398 e. The maximum Gasteiger partial charge on any atom is 0.0426 e. The van der Waals surface area contributed by atoms with Crippen LogP contribution < -0.4 is 10.6 Å². The number of aryl methyl sites for hydroxylation is 2. The molecule has 0 fully saturated rings. The molecule has 0 aliphatic rings. The van der Waals surface area contributed by atoms with Gasteiger partial charge in [0.05, 0.1) is 0 Å². The molecule has 19 heavy (non-hydrogen) atoms. The molecule has 100 valence electrons. The Kier molecular flexibility index (Phi) is 4.10. The molecule has 2 N–H and O–H groups in total. The number of nitrogen functional groups attached to an aromatic ring is 1. The van der Waals surface area contributed by atoms with E-state index in [2.05, 4.69) is 55.3 Å². The maximum absolute atomic E-state index is 5.96. The van der Waals surface area contributed by atoms with E-state index in [1.807, 2.05) is 13.0 Å². The summed E-state index contributed by atoms with van der Waals surface area (Å²) in [7, 11) is 2.10. The quantitative estimate of drug-likeness (QED) is 0.841. The predicted octanol–water partition coefficient (Wildman–Crippen LogP) is 3.78. The summed E-state index contributed by atoms with van der Waals surface area (Å²) in [6.07, 6.45) is 1.09. The van der Waals surface area contributed by atoms with E-state index in [0.717, 1.165) is 29.9 Å². The van der Waals surface area contributed by atoms with Crippen LogP contribution in [0, 0.1) is 6.92 Å². The average Bonchev–Trinajstić information content (AvgIpc) is 2.42. The summed E-state index contributed by atoms with van der Waals surface area (Å²) < 4.78 is 0. The monoisotopic (exact) mass is 254 g/mol. The van der Waals surface area contributed by atoms with Gasteiger partial charge in [-0.2, -0.15) is 0 Å². The summed E-state index contributed by atoms with van der Waals surface area (Å²) >= 11 is 0. The number of benzene rings is 2. The Morgan fingerprint density at radius 1 is 1.00 bits per heavy atom. The SMILES string of the molecule is CCc1ccc(CN(C)c2ccc(C)c(N)c2)cc1. The van der Waals surface area contributed by atoms with Crippen molar-refractivity contribution in [3.05, 3.63) is 59.2 Å². The van der Waals surface area contributed by atoms with Crippen LogP contribution in [-0.4, -0.2) is 7.05 Å². The van der Waals surface area contributed by atoms with Gasteiger partial charge in [0.2, 0.25) is 0 Å². The third kappa shape index (κ3) is 3.28. The van der Waals surface area contributed by atoms with E-state index in [9.17, 15) is 0 Å². The van der Waals surface area contributed by atoms with Crippen molar-refractivity contribution in [2.75, 3.05) is 17.7 Å². The van der Waals surface area contributed by atoms with Gasteiger partial charge in [0.25, 0.3) is 0 Å². The fraction of sp³-hybridized carbons (Fsp3) is 0.294. The van der Waals surface area contributed by atoms with Gasteiger partial charge in [-0.05, 0) is 42.2 Å². The first-order chi connectivity index (χ1) is 9.10. The molecule has 0 aromatic heterocycles. The topological polar surface area (TPSA) is 29.3 Å². The van der Waals surface area contributed by atoms with E-state index < -0.39 is 0 Å². The second-order valence-electron chi connectivity index (χ2n) is 5.07. The zero-order valence-electron chi connectivity index (χ0n) is 12.0. The standard InChI is InChI=1S/C17H22N2/c1-4-14-6-8-15(9-7-14)12-19(3)16-10-5-13(2)17(18)11-16/h5-11H,4,12,18H2,1-3H3. The molecule has 2 heteroatoms. The third-order valence-electron chi connectivity index (χ3n) is 3.55. The molecular weight excluding hydrogens is 232 g/mol. The van der Waals surface area contributed by atoms with Crippen LogP contribution in [0.4, 0.5) is 11.4 Å². The lowest BCUT2D eigenvalue weighted by Gasteiger charge is -2.20. The van der Waals surface area contributed by atoms with Gasteiger partial charge in [-0.25, -0.2) is 0 Å². The molecule has 2 aromatic rings. The lowest BCUT2D eigenvalue weighted by atomic mass is 10.1. The lowest BCUT2D eigenvalue weighted by molar-refractivity contribution is 0.921. The third-order valence-corrected chi connectivity index (χ3v) is 3.55. The summed E-state index contributed by atoms with van der Waals surface area (Å²) in [5.74, 6) is 0. The van der Waals surface area contributed by atoms with Gasteiger partial charge in [-0.3, -0.25) is 0 Å². The molecule has 0 unspecified atom stereocenters.